The fraction of sp³-hybridized carbons (Fsp3) is 0.737. The molecular weight excluding hydrogens is 371 g/mol. The van der Waals surface area contributed by atoms with Crippen molar-refractivity contribution in [3.05, 3.63) is 33.7 Å². The van der Waals surface area contributed by atoms with Gasteiger partial charge in [0.2, 0.25) is 0 Å². The number of hydrogen-bond acceptors (Lipinski definition) is 4. The molecule has 5 rings (SSSR count). The fourth-order valence-corrected chi connectivity index (χ4v) is 5.16. The first-order chi connectivity index (χ1) is 11.8. The van der Waals surface area contributed by atoms with E-state index in [1.165, 1.54) is 31.5 Å². The number of rotatable bonds is 3. The lowest BCUT2D eigenvalue weighted by Gasteiger charge is -2.48. The van der Waals surface area contributed by atoms with E-state index in [-0.39, 0.29) is 30.4 Å². The molecular formula is C19H30Cl2N4O. The molecule has 2 atom stereocenters. The zero-order valence-corrected chi connectivity index (χ0v) is 16.9. The maximum atomic E-state index is 13.0. The molecule has 0 aromatic carbocycles. The topological polar surface area (TPSA) is 40.5 Å². The van der Waals surface area contributed by atoms with Gasteiger partial charge in [0, 0.05) is 62.5 Å². The van der Waals surface area contributed by atoms with Gasteiger partial charge >= 0.3 is 0 Å². The Hall–Kier alpha value is -0.590. The van der Waals surface area contributed by atoms with E-state index in [4.69, 9.17) is 0 Å². The largest absolute Gasteiger partial charge is 0.314 e. The summed E-state index contributed by atoms with van der Waals surface area (Å²) in [5.41, 5.74) is 2.58. The minimum atomic E-state index is 0. The van der Waals surface area contributed by atoms with Crippen LogP contribution in [0.15, 0.2) is 16.9 Å². The molecule has 0 aliphatic carbocycles. The van der Waals surface area contributed by atoms with Crippen molar-refractivity contribution in [2.75, 3.05) is 39.3 Å². The van der Waals surface area contributed by atoms with Gasteiger partial charge in [-0.1, -0.05) is 6.07 Å². The number of pyridine rings is 1. The molecule has 4 aliphatic heterocycles. The average Bonchev–Trinajstić information content (AvgIpc) is 3.02. The van der Waals surface area contributed by atoms with Gasteiger partial charge in [-0.2, -0.15) is 0 Å². The molecule has 0 amide bonds. The number of likely N-dealkylation sites (tertiary alicyclic amines) is 2. The summed E-state index contributed by atoms with van der Waals surface area (Å²) >= 11 is 0. The van der Waals surface area contributed by atoms with Crippen molar-refractivity contribution >= 4 is 24.8 Å². The van der Waals surface area contributed by atoms with Gasteiger partial charge in [0.15, 0.2) is 0 Å². The molecule has 0 spiro atoms. The predicted octanol–water partition coefficient (Wildman–Crippen LogP) is 1.68. The van der Waals surface area contributed by atoms with E-state index in [9.17, 15) is 4.79 Å². The van der Waals surface area contributed by atoms with Crippen LogP contribution < -0.4 is 10.9 Å². The third-order valence-corrected chi connectivity index (χ3v) is 6.58. The molecule has 0 radical (unpaired) electrons. The van der Waals surface area contributed by atoms with Crippen molar-refractivity contribution in [2.45, 2.75) is 44.3 Å². The van der Waals surface area contributed by atoms with Gasteiger partial charge in [0.1, 0.15) is 0 Å². The molecule has 4 aliphatic rings. The fourth-order valence-electron chi connectivity index (χ4n) is 5.16. The monoisotopic (exact) mass is 400 g/mol. The van der Waals surface area contributed by atoms with Gasteiger partial charge < -0.3 is 9.88 Å². The van der Waals surface area contributed by atoms with Crippen LogP contribution in [0.25, 0.3) is 0 Å². The van der Waals surface area contributed by atoms with E-state index in [0.717, 1.165) is 57.4 Å². The number of nitrogens with zero attached hydrogens (tertiary/aromatic N) is 3. The molecule has 1 aromatic rings. The highest BCUT2D eigenvalue weighted by Crippen LogP contribution is 2.36. The van der Waals surface area contributed by atoms with Crippen molar-refractivity contribution in [3.8, 4) is 0 Å². The highest BCUT2D eigenvalue weighted by Gasteiger charge is 2.38. The van der Waals surface area contributed by atoms with E-state index >= 15 is 0 Å². The number of nitrogens with one attached hydrogen (secondary N) is 1. The van der Waals surface area contributed by atoms with Gasteiger partial charge in [-0.15, -0.1) is 24.8 Å². The Morgan fingerprint density at radius 3 is 2.50 bits per heavy atom. The van der Waals surface area contributed by atoms with Gasteiger partial charge in [-0.3, -0.25) is 14.6 Å². The van der Waals surface area contributed by atoms with Crippen molar-refractivity contribution < 1.29 is 0 Å². The third-order valence-electron chi connectivity index (χ3n) is 6.58. The van der Waals surface area contributed by atoms with Crippen LogP contribution in [0.4, 0.5) is 0 Å². The molecule has 1 N–H and O–H groups in total. The summed E-state index contributed by atoms with van der Waals surface area (Å²) < 4.78 is 2.13. The normalized spacial score (nSPS) is 28.6. The molecule has 2 bridgehead atoms. The molecule has 5 heterocycles. The van der Waals surface area contributed by atoms with Gasteiger partial charge in [0.25, 0.3) is 5.56 Å². The van der Waals surface area contributed by atoms with Crippen LogP contribution >= 0.6 is 24.8 Å². The molecule has 26 heavy (non-hydrogen) atoms. The minimum Gasteiger partial charge on any atom is -0.314 e. The Bertz CT molecular complexity index is 685. The molecule has 5 nitrogen and oxygen atoms in total. The van der Waals surface area contributed by atoms with Crippen molar-refractivity contribution in [2.24, 2.45) is 5.92 Å². The Morgan fingerprint density at radius 2 is 1.81 bits per heavy atom. The van der Waals surface area contributed by atoms with E-state index < -0.39 is 0 Å². The molecule has 146 valence electrons. The highest BCUT2D eigenvalue weighted by molar-refractivity contribution is 5.85. The first-order valence-electron chi connectivity index (χ1n) is 9.67. The van der Waals surface area contributed by atoms with Gasteiger partial charge in [0.05, 0.1) is 0 Å². The summed E-state index contributed by atoms with van der Waals surface area (Å²) in [6, 6.07) is 5.11. The quantitative estimate of drug-likeness (QED) is 0.837. The standard InChI is InChI=1S/C19H28N4O.2ClH/c24-19-15(12-21-5-1-2-6-21)3-4-18-16-7-14(11-23(18)19)10-22(13-16)17-8-20-9-17;;/h3-4,14,16-17,20H,1-2,5-13H2;2*1H/t14-,16+;;/m0../s1. The van der Waals surface area contributed by atoms with Gasteiger partial charge in [-0.05, 0) is 44.3 Å². The highest BCUT2D eigenvalue weighted by atomic mass is 35.5. The number of aromatic nitrogens is 1. The Balaban J connectivity index is 0.000000980. The molecule has 3 fully saturated rings. The molecule has 7 heteroatoms. The van der Waals surface area contributed by atoms with Crippen LogP contribution in [0.2, 0.25) is 0 Å². The summed E-state index contributed by atoms with van der Waals surface area (Å²) in [6.07, 6.45) is 3.83. The van der Waals surface area contributed by atoms with Crippen LogP contribution in [0.3, 0.4) is 0 Å². The first-order valence-corrected chi connectivity index (χ1v) is 9.67. The number of fused-ring (bicyclic) bond motifs is 4. The maximum Gasteiger partial charge on any atom is 0.255 e. The van der Waals surface area contributed by atoms with Crippen LogP contribution in [-0.4, -0.2) is 59.7 Å². The smallest absolute Gasteiger partial charge is 0.255 e. The van der Waals surface area contributed by atoms with Crippen molar-refractivity contribution in [3.63, 3.8) is 0 Å². The zero-order valence-electron chi connectivity index (χ0n) is 15.2. The van der Waals surface area contributed by atoms with Crippen LogP contribution in [-0.2, 0) is 13.1 Å². The lowest BCUT2D eigenvalue weighted by atomic mass is 9.82. The maximum absolute atomic E-state index is 13.0. The minimum absolute atomic E-state index is 0. The van der Waals surface area contributed by atoms with Crippen LogP contribution in [0.1, 0.15) is 36.4 Å². The SMILES string of the molecule is Cl.Cl.O=c1c(CN2CCCC2)ccc2n1C[C@H]1C[C@@H]2CN(C2CNC2)C1. The molecule has 0 unspecified atom stereocenters. The van der Waals surface area contributed by atoms with Crippen molar-refractivity contribution in [1.29, 1.82) is 0 Å². The Labute approximate surface area is 167 Å². The summed E-state index contributed by atoms with van der Waals surface area (Å²) in [6.45, 7) is 8.65. The second kappa shape index (κ2) is 8.19. The lowest BCUT2D eigenvalue weighted by Crippen LogP contribution is -2.61. The summed E-state index contributed by atoms with van der Waals surface area (Å²) in [5, 5.41) is 3.39. The van der Waals surface area contributed by atoms with E-state index in [2.05, 4.69) is 31.8 Å². The van der Waals surface area contributed by atoms with E-state index in [1.807, 2.05) is 0 Å². The van der Waals surface area contributed by atoms with Crippen LogP contribution in [0.5, 0.6) is 0 Å². The van der Waals surface area contributed by atoms with Gasteiger partial charge in [-0.25, -0.2) is 0 Å². The Morgan fingerprint density at radius 1 is 1.04 bits per heavy atom. The number of hydrogen-bond donors (Lipinski definition) is 1. The van der Waals surface area contributed by atoms with Crippen molar-refractivity contribution in [1.82, 2.24) is 19.7 Å². The summed E-state index contributed by atoms with van der Waals surface area (Å²) in [5.74, 6) is 1.20. The number of piperidine rings is 1. The second-order valence-electron chi connectivity index (χ2n) is 8.25. The molecule has 0 saturated carbocycles. The van der Waals surface area contributed by atoms with Crippen LogP contribution in [0, 0.1) is 5.92 Å². The first kappa shape index (κ1) is 20.2. The Kier molecular flexibility index (Phi) is 6.35. The molecule has 1 aromatic heterocycles. The predicted molar refractivity (Wildman–Crippen MR) is 109 cm³/mol. The molecule has 3 saturated heterocycles. The third kappa shape index (κ3) is 3.57. The zero-order chi connectivity index (χ0) is 16.1. The van der Waals surface area contributed by atoms with E-state index in [1.54, 1.807) is 0 Å². The lowest BCUT2D eigenvalue weighted by molar-refractivity contribution is 0.0585. The van der Waals surface area contributed by atoms with E-state index in [0.29, 0.717) is 11.8 Å². The second-order valence-corrected chi connectivity index (χ2v) is 8.25. The average molecular weight is 401 g/mol. The summed E-state index contributed by atoms with van der Waals surface area (Å²) in [4.78, 5) is 18.1. The summed E-state index contributed by atoms with van der Waals surface area (Å²) in [7, 11) is 0. The number of halogens is 2.